The van der Waals surface area contributed by atoms with Gasteiger partial charge in [-0.3, -0.25) is 0 Å². The number of methoxy groups -OCH3 is 1. The largest absolute Gasteiger partial charge is 0.383 e. The zero-order chi connectivity index (χ0) is 15.5. The smallest absolute Gasteiger partial charge is 0.240 e. The van der Waals surface area contributed by atoms with E-state index in [1.165, 1.54) is 0 Å². The Morgan fingerprint density at radius 1 is 1.24 bits per heavy atom. The van der Waals surface area contributed by atoms with Crippen LogP contribution in [0.5, 0.6) is 0 Å². The molecule has 6 heteroatoms. The topological polar surface area (TPSA) is 67.4 Å². The van der Waals surface area contributed by atoms with Crippen LogP contribution >= 0.6 is 0 Å². The molecule has 1 aromatic carbocycles. The van der Waals surface area contributed by atoms with Gasteiger partial charge in [0.1, 0.15) is 0 Å². The third-order valence-electron chi connectivity index (χ3n) is 3.57. The minimum Gasteiger partial charge on any atom is -0.383 e. The van der Waals surface area contributed by atoms with E-state index in [2.05, 4.69) is 23.9 Å². The number of sulfonamides is 1. The Bertz CT molecular complexity index is 551. The van der Waals surface area contributed by atoms with E-state index < -0.39 is 10.0 Å². The molecule has 1 aromatic rings. The summed E-state index contributed by atoms with van der Waals surface area (Å²) < 4.78 is 32.0. The number of benzene rings is 1. The van der Waals surface area contributed by atoms with Crippen LogP contribution in [0.1, 0.15) is 26.7 Å². The molecule has 1 atom stereocenters. The Morgan fingerprint density at radius 2 is 1.86 bits per heavy atom. The fourth-order valence-corrected chi connectivity index (χ4v) is 3.32. The molecule has 0 aliphatic heterocycles. The second-order valence-corrected chi connectivity index (χ2v) is 7.58. The third-order valence-corrected chi connectivity index (χ3v) is 5.10. The summed E-state index contributed by atoms with van der Waals surface area (Å²) in [6.07, 6.45) is 1.87. The van der Waals surface area contributed by atoms with E-state index in [4.69, 9.17) is 4.74 Å². The van der Waals surface area contributed by atoms with Crippen LogP contribution < -0.4 is 10.0 Å². The maximum absolute atomic E-state index is 12.1. The fourth-order valence-electron chi connectivity index (χ4n) is 2.01. The average molecular weight is 312 g/mol. The van der Waals surface area contributed by atoms with Crippen molar-refractivity contribution in [3.05, 3.63) is 24.3 Å². The molecule has 5 nitrogen and oxygen atoms in total. The van der Waals surface area contributed by atoms with Gasteiger partial charge in [0.2, 0.25) is 10.0 Å². The van der Waals surface area contributed by atoms with Crippen molar-refractivity contribution in [1.29, 1.82) is 0 Å². The lowest BCUT2D eigenvalue weighted by molar-refractivity contribution is 0.171. The lowest BCUT2D eigenvalue weighted by atomic mass is 10.1. The molecule has 0 amide bonds. The molecule has 2 N–H and O–H groups in total. The van der Waals surface area contributed by atoms with Gasteiger partial charge in [-0.05, 0) is 43.0 Å². The van der Waals surface area contributed by atoms with Gasteiger partial charge in [-0.2, -0.15) is 0 Å². The van der Waals surface area contributed by atoms with E-state index in [1.807, 2.05) is 0 Å². The molecule has 0 saturated heterocycles. The van der Waals surface area contributed by atoms with Gasteiger partial charge in [0.05, 0.1) is 17.5 Å². The second kappa shape index (κ2) is 6.77. The van der Waals surface area contributed by atoms with Gasteiger partial charge in [-0.1, -0.05) is 13.8 Å². The summed E-state index contributed by atoms with van der Waals surface area (Å²) in [5, 5.41) is 3.37. The van der Waals surface area contributed by atoms with Crippen molar-refractivity contribution in [3.63, 3.8) is 0 Å². The van der Waals surface area contributed by atoms with Crippen molar-refractivity contribution in [2.24, 2.45) is 5.92 Å². The first-order valence-electron chi connectivity index (χ1n) is 7.30. The van der Waals surface area contributed by atoms with E-state index in [9.17, 15) is 8.42 Å². The average Bonchev–Trinajstić information content (AvgIpc) is 3.22. The van der Waals surface area contributed by atoms with E-state index in [0.29, 0.717) is 17.4 Å². The van der Waals surface area contributed by atoms with E-state index in [1.54, 1.807) is 31.4 Å². The Labute approximate surface area is 127 Å². The third kappa shape index (κ3) is 4.69. The quantitative estimate of drug-likeness (QED) is 0.772. The highest BCUT2D eigenvalue weighted by Crippen LogP contribution is 2.23. The first-order chi connectivity index (χ1) is 9.92. The molecule has 0 aromatic heterocycles. The number of ether oxygens (including phenoxy) is 1. The van der Waals surface area contributed by atoms with Crippen LogP contribution in [0, 0.1) is 5.92 Å². The molecule has 1 aliphatic carbocycles. The Hall–Kier alpha value is -1.11. The van der Waals surface area contributed by atoms with Crippen molar-refractivity contribution in [2.75, 3.05) is 19.0 Å². The Balaban J connectivity index is 2.04. The van der Waals surface area contributed by atoms with Gasteiger partial charge in [-0.15, -0.1) is 0 Å². The molecule has 1 saturated carbocycles. The normalized spacial score (nSPS) is 17.0. The van der Waals surface area contributed by atoms with Gasteiger partial charge in [0.15, 0.2) is 0 Å². The predicted molar refractivity (Wildman–Crippen MR) is 83.9 cm³/mol. The molecular weight excluding hydrogens is 288 g/mol. The summed E-state index contributed by atoms with van der Waals surface area (Å²) in [6.45, 7) is 4.85. The summed E-state index contributed by atoms with van der Waals surface area (Å²) in [5.74, 6) is 0.421. The molecule has 1 aliphatic rings. The van der Waals surface area contributed by atoms with Crippen LogP contribution in [-0.4, -0.2) is 34.2 Å². The molecule has 0 heterocycles. The molecular formula is C15H24N2O3S. The van der Waals surface area contributed by atoms with Gasteiger partial charge in [0.25, 0.3) is 0 Å². The fraction of sp³-hybridized carbons (Fsp3) is 0.600. The van der Waals surface area contributed by atoms with Crippen LogP contribution in [0.2, 0.25) is 0 Å². The second-order valence-electron chi connectivity index (χ2n) is 5.87. The summed E-state index contributed by atoms with van der Waals surface area (Å²) >= 11 is 0. The highest BCUT2D eigenvalue weighted by atomic mass is 32.2. The summed E-state index contributed by atoms with van der Waals surface area (Å²) in [6, 6.07) is 7.19. The van der Waals surface area contributed by atoms with Gasteiger partial charge < -0.3 is 10.1 Å². The SMILES string of the molecule is COCC(Nc1ccc(S(=O)(=O)NC2CC2)cc1)C(C)C. The van der Waals surface area contributed by atoms with Crippen LogP contribution in [0.15, 0.2) is 29.2 Å². The molecule has 0 bridgehead atoms. The van der Waals surface area contributed by atoms with Crippen molar-refractivity contribution in [3.8, 4) is 0 Å². The zero-order valence-corrected chi connectivity index (χ0v) is 13.6. The Morgan fingerprint density at radius 3 is 2.33 bits per heavy atom. The maximum atomic E-state index is 12.1. The standard InChI is InChI=1S/C15H24N2O3S/c1-11(2)15(10-20-3)16-12-6-8-14(9-7-12)21(18,19)17-13-4-5-13/h6-9,11,13,15-17H,4-5,10H2,1-3H3. The van der Waals surface area contributed by atoms with Crippen LogP contribution in [0.25, 0.3) is 0 Å². The molecule has 1 fully saturated rings. The lowest BCUT2D eigenvalue weighted by Crippen LogP contribution is -2.30. The van der Waals surface area contributed by atoms with Gasteiger partial charge in [0, 0.05) is 18.8 Å². The summed E-state index contributed by atoms with van der Waals surface area (Å²) in [4.78, 5) is 0.313. The molecule has 0 spiro atoms. The number of rotatable bonds is 8. The summed E-state index contributed by atoms with van der Waals surface area (Å²) in [5.41, 5.74) is 0.899. The number of anilines is 1. The van der Waals surface area contributed by atoms with Crippen molar-refractivity contribution < 1.29 is 13.2 Å². The van der Waals surface area contributed by atoms with Crippen LogP contribution in [0.4, 0.5) is 5.69 Å². The van der Waals surface area contributed by atoms with Crippen molar-refractivity contribution >= 4 is 15.7 Å². The number of hydrogen-bond acceptors (Lipinski definition) is 4. The highest BCUT2D eigenvalue weighted by molar-refractivity contribution is 7.89. The summed E-state index contributed by atoms with van der Waals surface area (Å²) in [7, 11) is -1.69. The van der Waals surface area contributed by atoms with E-state index in [-0.39, 0.29) is 12.1 Å². The number of hydrogen-bond donors (Lipinski definition) is 2. The van der Waals surface area contributed by atoms with Gasteiger partial charge in [-0.25, -0.2) is 13.1 Å². The lowest BCUT2D eigenvalue weighted by Gasteiger charge is -2.22. The molecule has 21 heavy (non-hydrogen) atoms. The van der Waals surface area contributed by atoms with E-state index in [0.717, 1.165) is 18.5 Å². The van der Waals surface area contributed by atoms with Crippen LogP contribution in [-0.2, 0) is 14.8 Å². The first kappa shape index (κ1) is 16.3. The van der Waals surface area contributed by atoms with E-state index >= 15 is 0 Å². The molecule has 118 valence electrons. The number of nitrogens with one attached hydrogen (secondary N) is 2. The monoisotopic (exact) mass is 312 g/mol. The zero-order valence-electron chi connectivity index (χ0n) is 12.8. The maximum Gasteiger partial charge on any atom is 0.240 e. The first-order valence-corrected chi connectivity index (χ1v) is 8.78. The minimum absolute atomic E-state index is 0.125. The minimum atomic E-state index is -3.37. The van der Waals surface area contributed by atoms with Crippen LogP contribution in [0.3, 0.4) is 0 Å². The Kier molecular flexibility index (Phi) is 5.24. The molecule has 2 rings (SSSR count). The predicted octanol–water partition coefficient (Wildman–Crippen LogP) is 2.21. The van der Waals surface area contributed by atoms with Gasteiger partial charge >= 0.3 is 0 Å². The van der Waals surface area contributed by atoms with Crippen molar-refractivity contribution in [1.82, 2.24) is 4.72 Å². The van der Waals surface area contributed by atoms with Crippen molar-refractivity contribution in [2.45, 2.75) is 43.7 Å². The molecule has 0 radical (unpaired) electrons. The highest BCUT2D eigenvalue weighted by Gasteiger charge is 2.27. The molecule has 1 unspecified atom stereocenters.